The third-order valence-corrected chi connectivity index (χ3v) is 3.47. The van der Waals surface area contributed by atoms with Gasteiger partial charge in [-0.25, -0.2) is 0 Å². The van der Waals surface area contributed by atoms with Gasteiger partial charge in [0.05, 0.1) is 6.54 Å². The van der Waals surface area contributed by atoms with E-state index in [-0.39, 0.29) is 0 Å². The number of ether oxygens (including phenoxy) is 1. The summed E-state index contributed by atoms with van der Waals surface area (Å²) in [6.45, 7) is 2.64. The van der Waals surface area contributed by atoms with Crippen LogP contribution >= 0.6 is 0 Å². The van der Waals surface area contributed by atoms with Gasteiger partial charge in [0.25, 0.3) is 0 Å². The number of nitrogens with zero attached hydrogens (tertiary/aromatic N) is 1. The van der Waals surface area contributed by atoms with Crippen LogP contribution in [0, 0.1) is 0 Å². The smallest absolute Gasteiger partial charge is 0.119 e. The SMILES string of the molecule is Nc1ccc2c(c1)N(CCOc1ccccc1)CC2. The lowest BCUT2D eigenvalue weighted by Crippen LogP contribution is -2.26. The van der Waals surface area contributed by atoms with E-state index < -0.39 is 0 Å². The zero-order chi connectivity index (χ0) is 13.1. The molecule has 2 N–H and O–H groups in total. The van der Waals surface area contributed by atoms with Gasteiger partial charge in [0.2, 0.25) is 0 Å². The quantitative estimate of drug-likeness (QED) is 0.853. The fourth-order valence-electron chi connectivity index (χ4n) is 2.49. The van der Waals surface area contributed by atoms with E-state index in [4.69, 9.17) is 10.5 Å². The van der Waals surface area contributed by atoms with E-state index in [1.54, 1.807) is 0 Å². The molecule has 1 aliphatic heterocycles. The van der Waals surface area contributed by atoms with Crippen molar-refractivity contribution < 1.29 is 4.74 Å². The molecule has 0 saturated carbocycles. The first kappa shape index (κ1) is 11.9. The molecule has 98 valence electrons. The molecule has 0 atom stereocenters. The van der Waals surface area contributed by atoms with Crippen LogP contribution in [0.15, 0.2) is 48.5 Å². The Labute approximate surface area is 113 Å². The van der Waals surface area contributed by atoms with Gasteiger partial charge in [-0.15, -0.1) is 0 Å². The van der Waals surface area contributed by atoms with Gasteiger partial charge in [-0.3, -0.25) is 0 Å². The maximum absolute atomic E-state index is 5.85. The van der Waals surface area contributed by atoms with Gasteiger partial charge in [0, 0.05) is 17.9 Å². The Morgan fingerprint density at radius 2 is 1.95 bits per heavy atom. The van der Waals surface area contributed by atoms with Crippen molar-refractivity contribution in [2.75, 3.05) is 30.3 Å². The molecule has 0 fully saturated rings. The largest absolute Gasteiger partial charge is 0.492 e. The van der Waals surface area contributed by atoms with Gasteiger partial charge in [-0.1, -0.05) is 24.3 Å². The fourth-order valence-corrected chi connectivity index (χ4v) is 2.49. The van der Waals surface area contributed by atoms with Gasteiger partial charge < -0.3 is 15.4 Å². The standard InChI is InChI=1S/C16H18N2O/c17-14-7-6-13-8-9-18(16(13)12-14)10-11-19-15-4-2-1-3-5-15/h1-7,12H,8-11,17H2. The van der Waals surface area contributed by atoms with Crippen LogP contribution in [0.1, 0.15) is 5.56 Å². The topological polar surface area (TPSA) is 38.5 Å². The van der Waals surface area contributed by atoms with Crippen molar-refractivity contribution in [2.24, 2.45) is 0 Å². The van der Waals surface area contributed by atoms with E-state index in [2.05, 4.69) is 17.0 Å². The average Bonchev–Trinajstić information content (AvgIpc) is 2.83. The molecule has 0 radical (unpaired) electrons. The summed E-state index contributed by atoms with van der Waals surface area (Å²) in [5.74, 6) is 0.925. The molecular weight excluding hydrogens is 236 g/mol. The van der Waals surface area contributed by atoms with Gasteiger partial charge in [-0.2, -0.15) is 0 Å². The van der Waals surface area contributed by atoms with Crippen molar-refractivity contribution in [2.45, 2.75) is 6.42 Å². The number of hydrogen-bond donors (Lipinski definition) is 1. The van der Waals surface area contributed by atoms with Crippen LogP contribution in [0.2, 0.25) is 0 Å². The number of fused-ring (bicyclic) bond motifs is 1. The Bertz CT molecular complexity index is 554. The van der Waals surface area contributed by atoms with Crippen molar-refractivity contribution in [3.63, 3.8) is 0 Å². The minimum absolute atomic E-state index is 0.693. The second-order valence-corrected chi connectivity index (χ2v) is 4.79. The van der Waals surface area contributed by atoms with Crippen molar-refractivity contribution in [3.05, 3.63) is 54.1 Å². The number of nitrogen functional groups attached to an aromatic ring is 1. The number of benzene rings is 2. The predicted molar refractivity (Wildman–Crippen MR) is 78.7 cm³/mol. The molecule has 0 aliphatic carbocycles. The number of anilines is 2. The second-order valence-electron chi connectivity index (χ2n) is 4.79. The zero-order valence-electron chi connectivity index (χ0n) is 10.9. The Hall–Kier alpha value is -2.16. The van der Waals surface area contributed by atoms with E-state index in [0.717, 1.165) is 30.9 Å². The molecule has 0 saturated heterocycles. The number of para-hydroxylation sites is 1. The summed E-state index contributed by atoms with van der Waals surface area (Å²) in [4.78, 5) is 2.34. The maximum Gasteiger partial charge on any atom is 0.119 e. The summed E-state index contributed by atoms with van der Waals surface area (Å²) in [6, 6.07) is 16.1. The lowest BCUT2D eigenvalue weighted by atomic mass is 10.1. The molecule has 2 aromatic carbocycles. The minimum Gasteiger partial charge on any atom is -0.492 e. The zero-order valence-corrected chi connectivity index (χ0v) is 10.9. The first-order valence-corrected chi connectivity index (χ1v) is 6.64. The van der Waals surface area contributed by atoms with E-state index in [1.165, 1.54) is 11.3 Å². The lowest BCUT2D eigenvalue weighted by Gasteiger charge is -2.19. The molecule has 3 rings (SSSR count). The van der Waals surface area contributed by atoms with Gasteiger partial charge in [-0.05, 0) is 36.2 Å². The van der Waals surface area contributed by atoms with Crippen molar-refractivity contribution >= 4 is 11.4 Å². The maximum atomic E-state index is 5.85. The van der Waals surface area contributed by atoms with E-state index in [1.807, 2.05) is 36.4 Å². The number of nitrogens with two attached hydrogens (primary N) is 1. The van der Waals surface area contributed by atoms with Crippen molar-refractivity contribution in [1.29, 1.82) is 0 Å². The minimum atomic E-state index is 0.693. The Morgan fingerprint density at radius 1 is 1.11 bits per heavy atom. The van der Waals surface area contributed by atoms with Crippen LogP contribution in [0.5, 0.6) is 5.75 Å². The number of rotatable bonds is 4. The van der Waals surface area contributed by atoms with Gasteiger partial charge in [0.15, 0.2) is 0 Å². The second kappa shape index (κ2) is 5.22. The number of hydrogen-bond acceptors (Lipinski definition) is 3. The Balaban J connectivity index is 1.59. The van der Waals surface area contributed by atoms with Crippen LogP contribution in [-0.2, 0) is 6.42 Å². The Morgan fingerprint density at radius 3 is 2.79 bits per heavy atom. The highest BCUT2D eigenvalue weighted by atomic mass is 16.5. The molecule has 0 aromatic heterocycles. The summed E-state index contributed by atoms with van der Waals surface area (Å²) < 4.78 is 5.74. The fraction of sp³-hybridized carbons (Fsp3) is 0.250. The normalized spacial score (nSPS) is 13.4. The van der Waals surface area contributed by atoms with E-state index >= 15 is 0 Å². The third kappa shape index (κ3) is 2.65. The van der Waals surface area contributed by atoms with Crippen LogP contribution in [0.3, 0.4) is 0 Å². The lowest BCUT2D eigenvalue weighted by molar-refractivity contribution is 0.324. The van der Waals surface area contributed by atoms with E-state index in [0.29, 0.717) is 6.61 Å². The summed E-state index contributed by atoms with van der Waals surface area (Å²) in [6.07, 6.45) is 1.10. The average molecular weight is 254 g/mol. The molecule has 0 spiro atoms. The van der Waals surface area contributed by atoms with Crippen LogP contribution in [0.25, 0.3) is 0 Å². The molecule has 0 amide bonds. The molecule has 1 heterocycles. The molecule has 2 aromatic rings. The summed E-state index contributed by atoms with van der Waals surface area (Å²) in [5.41, 5.74) is 9.33. The van der Waals surface area contributed by atoms with Crippen LogP contribution < -0.4 is 15.4 Å². The highest BCUT2D eigenvalue weighted by molar-refractivity contribution is 5.64. The van der Waals surface area contributed by atoms with Crippen LogP contribution in [-0.4, -0.2) is 19.7 Å². The highest BCUT2D eigenvalue weighted by Crippen LogP contribution is 2.29. The predicted octanol–water partition coefficient (Wildman–Crippen LogP) is 2.71. The Kier molecular flexibility index (Phi) is 3.27. The van der Waals surface area contributed by atoms with Crippen molar-refractivity contribution in [3.8, 4) is 5.75 Å². The molecule has 19 heavy (non-hydrogen) atoms. The molecule has 3 nitrogen and oxygen atoms in total. The van der Waals surface area contributed by atoms with Crippen LogP contribution in [0.4, 0.5) is 11.4 Å². The van der Waals surface area contributed by atoms with Gasteiger partial charge in [0.1, 0.15) is 12.4 Å². The molecular formula is C16H18N2O. The highest BCUT2D eigenvalue weighted by Gasteiger charge is 2.18. The third-order valence-electron chi connectivity index (χ3n) is 3.47. The first-order chi connectivity index (χ1) is 9.33. The molecule has 0 bridgehead atoms. The van der Waals surface area contributed by atoms with Gasteiger partial charge >= 0.3 is 0 Å². The summed E-state index contributed by atoms with van der Waals surface area (Å²) in [7, 11) is 0. The summed E-state index contributed by atoms with van der Waals surface area (Å²) >= 11 is 0. The molecule has 0 unspecified atom stereocenters. The first-order valence-electron chi connectivity index (χ1n) is 6.64. The molecule has 1 aliphatic rings. The molecule has 3 heteroatoms. The van der Waals surface area contributed by atoms with E-state index in [9.17, 15) is 0 Å². The monoisotopic (exact) mass is 254 g/mol. The van der Waals surface area contributed by atoms with Crippen molar-refractivity contribution in [1.82, 2.24) is 0 Å². The summed E-state index contributed by atoms with van der Waals surface area (Å²) in [5, 5.41) is 0.